The molecule has 0 amide bonds. The molecule has 0 spiro atoms. The van der Waals surface area contributed by atoms with E-state index in [1.165, 1.54) is 152 Å². The first-order valence-corrected chi connectivity index (χ1v) is 56.8. The van der Waals surface area contributed by atoms with Crippen LogP contribution in [0.5, 0.6) is 0 Å². The van der Waals surface area contributed by atoms with Gasteiger partial charge in [-0.15, -0.1) is 132 Å². The second-order valence-electron chi connectivity index (χ2n) is 37.7. The summed E-state index contributed by atoms with van der Waals surface area (Å²) in [6.45, 7) is 25.5. The zero-order valence-corrected chi connectivity index (χ0v) is 88.8. The molecular formula is C121H105GeIr3N9Si-6. The van der Waals surface area contributed by atoms with Crippen molar-refractivity contribution < 1.29 is 60.3 Å². The summed E-state index contributed by atoms with van der Waals surface area (Å²) in [6.07, 6.45) is 13.8. The van der Waals surface area contributed by atoms with Crippen molar-refractivity contribution in [3.63, 3.8) is 0 Å². The van der Waals surface area contributed by atoms with E-state index in [1.54, 1.807) is 18.6 Å². The molecule has 0 fully saturated rings. The van der Waals surface area contributed by atoms with Crippen LogP contribution in [0, 0.1) is 62.1 Å². The van der Waals surface area contributed by atoms with Crippen LogP contribution in [-0.2, 0) is 73.2 Å². The van der Waals surface area contributed by atoms with Gasteiger partial charge in [0.05, 0.1) is 8.07 Å². The minimum Gasteiger partial charge on any atom is -0.348 e. The molecule has 0 saturated carbocycles. The molecule has 12 heterocycles. The van der Waals surface area contributed by atoms with Crippen molar-refractivity contribution in [1.29, 1.82) is 0 Å². The van der Waals surface area contributed by atoms with Crippen molar-refractivity contribution in [1.82, 2.24) is 43.1 Å². The Bertz CT molecular complexity index is 7660. The van der Waals surface area contributed by atoms with Crippen molar-refractivity contribution >= 4 is 145 Å². The van der Waals surface area contributed by atoms with Crippen LogP contribution in [-0.4, -0.2) is 64.4 Å². The van der Waals surface area contributed by atoms with Gasteiger partial charge < -0.3 is 23.8 Å². The van der Waals surface area contributed by atoms with Crippen LogP contribution in [0.15, 0.2) is 340 Å². The molecule has 24 aromatic rings. The van der Waals surface area contributed by atoms with E-state index in [0.29, 0.717) is 17.8 Å². The molecule has 24 rings (SSSR count). The largest absolute Gasteiger partial charge is 0.348 e. The van der Waals surface area contributed by atoms with Crippen LogP contribution in [0.4, 0.5) is 0 Å². The van der Waals surface area contributed by atoms with Gasteiger partial charge in [-0.05, 0) is 88.0 Å². The molecule has 12 aromatic carbocycles. The Morgan fingerprint density at radius 2 is 0.622 bits per heavy atom. The molecule has 0 aliphatic heterocycles. The number of aryl methyl sites for hydroxylation is 2. The van der Waals surface area contributed by atoms with E-state index in [-0.39, 0.29) is 60.3 Å². The second-order valence-corrected chi connectivity index (χ2v) is 53.3. The van der Waals surface area contributed by atoms with Crippen molar-refractivity contribution in [3.05, 3.63) is 405 Å². The van der Waals surface area contributed by atoms with Crippen molar-refractivity contribution in [3.8, 4) is 67.5 Å². The molecule has 9 nitrogen and oxygen atoms in total. The molecule has 14 heteroatoms. The van der Waals surface area contributed by atoms with Gasteiger partial charge in [0.15, 0.2) is 0 Å². The number of hydrogen-bond donors (Lipinski definition) is 0. The predicted octanol–water partition coefficient (Wildman–Crippen LogP) is 30.0. The van der Waals surface area contributed by atoms with Crippen LogP contribution >= 0.6 is 0 Å². The SMILES string of the molecule is CC(C)c1cc(-c2ccccn2)[c-]c2c3cccc4c5ccccc5n(c12)c34.Cc1cc(-c2cc(CC(C)C)[c]([Ge]([CH3])([CH3])[CH3])cn2)[c-]c2c3cccc4c5ccccc5n(c12)c34.Cc1cc(-c2cc(CC(C)C)c([Si](C)(C)C)cn2)[c-]c2c3cccc4c5ccccc5n(c12)c34.[Ir].[Ir].[Ir].[c-]1ccccc1-c1ccccn1.[c-]1ccccc1-c1ccccn1.[c-]1ccccc1-c1ccccn1. The first kappa shape index (κ1) is 95.8. The average Bonchev–Trinajstić information content (AvgIpc) is 1.55. The van der Waals surface area contributed by atoms with Gasteiger partial charge in [-0.3, -0.25) is 9.97 Å². The first-order chi connectivity index (χ1) is 64.1. The zero-order chi connectivity index (χ0) is 91.1. The van der Waals surface area contributed by atoms with Crippen LogP contribution in [0.3, 0.4) is 0 Å². The molecule has 0 unspecified atom stereocenters. The monoisotopic (exact) mass is 2360 g/mol. The molecule has 3 radical (unpaired) electrons. The number of hydrogen-bond acceptors (Lipinski definition) is 6. The molecule has 0 aliphatic carbocycles. The normalized spacial score (nSPS) is 11.6. The maximum absolute atomic E-state index is 4.99. The number of fused-ring (bicyclic) bond motifs is 18. The standard InChI is InChI=1S/C31H31GeN2.C31H31N2Si.C26H19N2.3C11H8N.3Ir/c1-19(2)14-21-17-28(33-18-27(21)32(4,5)6)22-15-20(3)30-26(16-22)25-12-9-11-24-23-10-7-8-13-29(23)34(30)31(24)25;1-19(2)14-22-17-27(32-18-29(22)34(4,5)6)21-15-20(3)30-26(16-21)25-12-9-11-24-23-10-7-8-13-28(23)33(30)31(24)25;1-16(2)21-14-17(23-11-5-6-13-27-23)15-22-20-10-7-9-19-18-8-3-4-12-24(18)28(25(19)20)26(21)22;3*1-2-6-10(7-3-1)11-8-4-5-9-12-11;;;/h2*7-13,15,17-19H,14H2,1-6H3;3-14,16H,1-2H3;3*1-6,8-9H;;;/q6*-1;;;. The Morgan fingerprint density at radius 3 is 0.970 bits per heavy atom. The summed E-state index contributed by atoms with van der Waals surface area (Å²) in [5.74, 6) is 9.04. The minimum absolute atomic E-state index is 0. The number of para-hydroxylation sites is 6. The number of rotatable bonds is 13. The van der Waals surface area contributed by atoms with Crippen LogP contribution in [0.1, 0.15) is 75.3 Å². The fourth-order valence-electron chi connectivity index (χ4n) is 19.2. The van der Waals surface area contributed by atoms with Gasteiger partial charge in [-0.25, -0.2) is 0 Å². The van der Waals surface area contributed by atoms with Gasteiger partial charge in [-0.2, -0.15) is 0 Å². The summed E-state index contributed by atoms with van der Waals surface area (Å²) in [6, 6.07) is 126. The minimum atomic E-state index is -2.00. The molecule has 0 atom stereocenters. The van der Waals surface area contributed by atoms with Gasteiger partial charge in [0.2, 0.25) is 0 Å². The van der Waals surface area contributed by atoms with E-state index >= 15 is 0 Å². The Kier molecular flexibility index (Phi) is 29.1. The fraction of sp³-hybridized carbons (Fsp3) is 0.157. The average molecular weight is 2360 g/mol. The molecule has 0 saturated heterocycles. The van der Waals surface area contributed by atoms with E-state index in [1.807, 2.05) is 146 Å². The van der Waals surface area contributed by atoms with Crippen molar-refractivity contribution in [2.24, 2.45) is 11.8 Å². The topological polar surface area (TPSA) is 90.6 Å². The molecule has 0 N–H and O–H groups in total. The predicted molar refractivity (Wildman–Crippen MR) is 562 cm³/mol. The Hall–Kier alpha value is -12.4. The van der Waals surface area contributed by atoms with Crippen LogP contribution < -0.4 is 9.58 Å². The first-order valence-electron chi connectivity index (χ1n) is 46.0. The van der Waals surface area contributed by atoms with Crippen molar-refractivity contribution in [2.75, 3.05) is 0 Å². The third-order valence-corrected chi connectivity index (χ3v) is 31.4. The third kappa shape index (κ3) is 19.3. The molecule has 675 valence electrons. The van der Waals surface area contributed by atoms with E-state index < -0.39 is 21.3 Å². The number of pyridine rings is 6. The smallest absolute Gasteiger partial charge is 0.0799 e. The quantitative estimate of drug-likeness (QED) is 0.0844. The summed E-state index contributed by atoms with van der Waals surface area (Å²) >= 11 is -2.00. The summed E-state index contributed by atoms with van der Waals surface area (Å²) in [4.78, 5) is 27.2. The maximum atomic E-state index is 4.99. The van der Waals surface area contributed by atoms with Crippen LogP contribution in [0.25, 0.3) is 182 Å². The number of aromatic nitrogens is 9. The van der Waals surface area contributed by atoms with E-state index in [4.69, 9.17) is 9.97 Å². The fourth-order valence-corrected chi connectivity index (χ4v) is 24.2. The maximum Gasteiger partial charge on any atom is 0.0799 e. The van der Waals surface area contributed by atoms with E-state index in [9.17, 15) is 0 Å². The third-order valence-electron chi connectivity index (χ3n) is 25.0. The molecule has 0 bridgehead atoms. The summed E-state index contributed by atoms with van der Waals surface area (Å²) in [5, 5.41) is 16.8. The Morgan fingerprint density at radius 1 is 0.304 bits per heavy atom. The van der Waals surface area contributed by atoms with Gasteiger partial charge in [0.1, 0.15) is 0 Å². The second kappa shape index (κ2) is 41.1. The van der Waals surface area contributed by atoms with Gasteiger partial charge >= 0.3 is 199 Å². The van der Waals surface area contributed by atoms with Gasteiger partial charge in [0, 0.05) is 146 Å². The number of nitrogens with zero attached hydrogens (tertiary/aromatic N) is 9. The zero-order valence-electron chi connectivity index (χ0n) is 78.5. The Labute approximate surface area is 836 Å². The van der Waals surface area contributed by atoms with Gasteiger partial charge in [0.25, 0.3) is 0 Å². The number of benzene rings is 12. The van der Waals surface area contributed by atoms with Crippen molar-refractivity contribution in [2.45, 2.75) is 111 Å². The molecule has 0 aliphatic rings. The van der Waals surface area contributed by atoms with E-state index in [0.717, 1.165) is 80.4 Å². The molecule has 135 heavy (non-hydrogen) atoms. The van der Waals surface area contributed by atoms with Crippen LogP contribution in [0.2, 0.25) is 36.9 Å². The summed E-state index contributed by atoms with van der Waals surface area (Å²) in [5.41, 5.74) is 30.7. The molecule has 12 aromatic heterocycles. The van der Waals surface area contributed by atoms with E-state index in [2.05, 4.69) is 338 Å². The summed E-state index contributed by atoms with van der Waals surface area (Å²) in [7, 11) is -1.46. The summed E-state index contributed by atoms with van der Waals surface area (Å²) < 4.78 is 8.86. The van der Waals surface area contributed by atoms with Gasteiger partial charge in [-0.1, -0.05) is 237 Å². The molecular weight excluding hydrogens is 2260 g/mol. The Balaban J connectivity index is 0.000000123.